The standard InChI is InChI=1S/C14H12Cl2N2O3/c1-20-6-9-12(8-3-4-10(15)11(16)5-8)17-7-18-13(9)14(19)21-2/h3-5,7H,6H2,1-2H3. The van der Waals surface area contributed by atoms with Crippen molar-refractivity contribution in [2.75, 3.05) is 14.2 Å². The molecule has 0 saturated carbocycles. The van der Waals surface area contributed by atoms with E-state index in [0.29, 0.717) is 26.9 Å². The summed E-state index contributed by atoms with van der Waals surface area (Å²) in [4.78, 5) is 20.0. The largest absolute Gasteiger partial charge is 0.464 e. The minimum absolute atomic E-state index is 0.162. The van der Waals surface area contributed by atoms with Crippen LogP contribution in [0.25, 0.3) is 11.3 Å². The van der Waals surface area contributed by atoms with Gasteiger partial charge in [0.15, 0.2) is 5.69 Å². The lowest BCUT2D eigenvalue weighted by Gasteiger charge is -2.11. The maximum Gasteiger partial charge on any atom is 0.357 e. The molecule has 1 heterocycles. The quantitative estimate of drug-likeness (QED) is 0.806. The summed E-state index contributed by atoms with van der Waals surface area (Å²) in [7, 11) is 2.81. The van der Waals surface area contributed by atoms with E-state index in [9.17, 15) is 4.79 Å². The monoisotopic (exact) mass is 326 g/mol. The van der Waals surface area contributed by atoms with Gasteiger partial charge in [0.25, 0.3) is 0 Å². The maximum absolute atomic E-state index is 11.8. The number of hydrogen-bond donors (Lipinski definition) is 0. The van der Waals surface area contributed by atoms with Gasteiger partial charge >= 0.3 is 5.97 Å². The van der Waals surface area contributed by atoms with Crippen molar-refractivity contribution in [1.82, 2.24) is 9.97 Å². The van der Waals surface area contributed by atoms with E-state index in [2.05, 4.69) is 9.97 Å². The molecule has 0 aliphatic heterocycles. The number of ether oxygens (including phenoxy) is 2. The summed E-state index contributed by atoms with van der Waals surface area (Å²) in [6, 6.07) is 5.10. The van der Waals surface area contributed by atoms with Gasteiger partial charge in [-0.1, -0.05) is 29.3 Å². The van der Waals surface area contributed by atoms with Crippen molar-refractivity contribution in [2.45, 2.75) is 6.61 Å². The topological polar surface area (TPSA) is 61.3 Å². The Labute approximate surface area is 131 Å². The summed E-state index contributed by atoms with van der Waals surface area (Å²) in [5.41, 5.74) is 1.95. The van der Waals surface area contributed by atoms with Gasteiger partial charge in [-0.25, -0.2) is 14.8 Å². The van der Waals surface area contributed by atoms with Crippen molar-refractivity contribution < 1.29 is 14.3 Å². The van der Waals surface area contributed by atoms with E-state index in [0.717, 1.165) is 0 Å². The van der Waals surface area contributed by atoms with Crippen molar-refractivity contribution in [2.24, 2.45) is 0 Å². The van der Waals surface area contributed by atoms with Gasteiger partial charge in [0.05, 0.1) is 29.5 Å². The van der Waals surface area contributed by atoms with Crippen LogP contribution in [0, 0.1) is 0 Å². The lowest BCUT2D eigenvalue weighted by molar-refractivity contribution is 0.0588. The molecule has 0 aliphatic rings. The molecule has 0 fully saturated rings. The Morgan fingerprint density at radius 1 is 1.19 bits per heavy atom. The SMILES string of the molecule is COCc1c(C(=O)OC)ncnc1-c1ccc(Cl)c(Cl)c1. The van der Waals surface area contributed by atoms with Crippen molar-refractivity contribution in [3.63, 3.8) is 0 Å². The summed E-state index contributed by atoms with van der Waals surface area (Å²) in [6.45, 7) is 0.168. The fraction of sp³-hybridized carbons (Fsp3) is 0.214. The molecule has 0 N–H and O–H groups in total. The van der Waals surface area contributed by atoms with Gasteiger partial charge in [-0.2, -0.15) is 0 Å². The van der Waals surface area contributed by atoms with E-state index in [-0.39, 0.29) is 12.3 Å². The van der Waals surface area contributed by atoms with Gasteiger partial charge < -0.3 is 9.47 Å². The van der Waals surface area contributed by atoms with E-state index >= 15 is 0 Å². The molecule has 2 aromatic rings. The molecule has 21 heavy (non-hydrogen) atoms. The Kier molecular flexibility index (Phi) is 5.12. The zero-order valence-electron chi connectivity index (χ0n) is 11.4. The van der Waals surface area contributed by atoms with E-state index in [4.69, 9.17) is 32.7 Å². The summed E-state index contributed by atoms with van der Waals surface area (Å²) in [5, 5.41) is 0.840. The van der Waals surface area contributed by atoms with Crippen LogP contribution in [0.2, 0.25) is 10.0 Å². The van der Waals surface area contributed by atoms with E-state index in [1.54, 1.807) is 18.2 Å². The highest BCUT2D eigenvalue weighted by atomic mass is 35.5. The number of benzene rings is 1. The van der Waals surface area contributed by atoms with Crippen molar-refractivity contribution >= 4 is 29.2 Å². The van der Waals surface area contributed by atoms with Gasteiger partial charge in [0.2, 0.25) is 0 Å². The van der Waals surface area contributed by atoms with Gasteiger partial charge in [0.1, 0.15) is 6.33 Å². The van der Waals surface area contributed by atoms with Gasteiger partial charge in [0, 0.05) is 18.2 Å². The highest BCUT2D eigenvalue weighted by molar-refractivity contribution is 6.42. The van der Waals surface area contributed by atoms with Crippen LogP contribution in [0.5, 0.6) is 0 Å². The van der Waals surface area contributed by atoms with Crippen LogP contribution in [-0.2, 0) is 16.1 Å². The predicted molar refractivity (Wildman–Crippen MR) is 79.5 cm³/mol. The second-order valence-corrected chi connectivity index (χ2v) is 4.92. The second-order valence-electron chi connectivity index (χ2n) is 4.10. The van der Waals surface area contributed by atoms with Crippen LogP contribution >= 0.6 is 23.2 Å². The third-order valence-electron chi connectivity index (χ3n) is 2.81. The van der Waals surface area contributed by atoms with Crippen molar-refractivity contribution in [1.29, 1.82) is 0 Å². The van der Waals surface area contributed by atoms with Gasteiger partial charge in [-0.3, -0.25) is 0 Å². The fourth-order valence-electron chi connectivity index (χ4n) is 1.86. The number of methoxy groups -OCH3 is 2. The predicted octanol–water partition coefficient (Wildman–Crippen LogP) is 3.38. The molecule has 0 amide bonds. The molecule has 1 aromatic carbocycles. The Morgan fingerprint density at radius 2 is 1.95 bits per heavy atom. The maximum atomic E-state index is 11.8. The Balaban J connectivity index is 2.61. The summed E-state index contributed by atoms with van der Waals surface area (Å²) in [6.07, 6.45) is 1.29. The zero-order chi connectivity index (χ0) is 15.4. The lowest BCUT2D eigenvalue weighted by atomic mass is 10.0. The molecule has 2 rings (SSSR count). The first-order valence-corrected chi connectivity index (χ1v) is 6.70. The third kappa shape index (κ3) is 3.32. The Morgan fingerprint density at radius 3 is 2.57 bits per heavy atom. The number of carbonyl (C=O) groups excluding carboxylic acids is 1. The number of esters is 1. The first-order valence-electron chi connectivity index (χ1n) is 5.95. The lowest BCUT2D eigenvalue weighted by Crippen LogP contribution is -2.11. The molecule has 5 nitrogen and oxygen atoms in total. The van der Waals surface area contributed by atoms with Crippen molar-refractivity contribution in [3.8, 4) is 11.3 Å². The molecule has 7 heteroatoms. The molecule has 0 spiro atoms. The molecule has 1 aromatic heterocycles. The molecule has 0 radical (unpaired) electrons. The molecule has 0 saturated heterocycles. The number of halogens is 2. The minimum Gasteiger partial charge on any atom is -0.464 e. The average molecular weight is 327 g/mol. The summed E-state index contributed by atoms with van der Waals surface area (Å²) < 4.78 is 9.86. The highest BCUT2D eigenvalue weighted by Crippen LogP contribution is 2.30. The molecule has 0 atom stereocenters. The molecule has 0 unspecified atom stereocenters. The summed E-state index contributed by atoms with van der Waals surface area (Å²) in [5.74, 6) is -0.550. The normalized spacial score (nSPS) is 10.5. The molecular weight excluding hydrogens is 315 g/mol. The molecule has 110 valence electrons. The van der Waals surface area contributed by atoms with E-state index in [1.165, 1.54) is 20.5 Å². The van der Waals surface area contributed by atoms with E-state index in [1.807, 2.05) is 0 Å². The molecule has 0 aliphatic carbocycles. The van der Waals surface area contributed by atoms with E-state index < -0.39 is 5.97 Å². The first kappa shape index (κ1) is 15.7. The molecular formula is C14H12Cl2N2O3. The van der Waals surface area contributed by atoms with Crippen LogP contribution in [0.3, 0.4) is 0 Å². The Hall–Kier alpha value is -1.69. The number of aromatic nitrogens is 2. The number of nitrogens with zero attached hydrogens (tertiary/aromatic N) is 2. The fourth-order valence-corrected chi connectivity index (χ4v) is 2.16. The van der Waals surface area contributed by atoms with Gasteiger partial charge in [-0.05, 0) is 12.1 Å². The van der Waals surface area contributed by atoms with Crippen LogP contribution in [0.1, 0.15) is 16.1 Å². The summed E-state index contributed by atoms with van der Waals surface area (Å²) >= 11 is 11.9. The van der Waals surface area contributed by atoms with Gasteiger partial charge in [-0.15, -0.1) is 0 Å². The zero-order valence-corrected chi connectivity index (χ0v) is 12.9. The van der Waals surface area contributed by atoms with Crippen LogP contribution in [0.4, 0.5) is 0 Å². The number of carbonyl (C=O) groups is 1. The molecule has 0 bridgehead atoms. The third-order valence-corrected chi connectivity index (χ3v) is 3.54. The second kappa shape index (κ2) is 6.85. The Bertz CT molecular complexity index is 677. The van der Waals surface area contributed by atoms with Crippen LogP contribution < -0.4 is 0 Å². The average Bonchev–Trinajstić information content (AvgIpc) is 2.50. The van der Waals surface area contributed by atoms with Crippen molar-refractivity contribution in [3.05, 3.63) is 45.8 Å². The number of hydrogen-bond acceptors (Lipinski definition) is 5. The van der Waals surface area contributed by atoms with Crippen LogP contribution in [0.15, 0.2) is 24.5 Å². The highest BCUT2D eigenvalue weighted by Gasteiger charge is 2.19. The van der Waals surface area contributed by atoms with Crippen LogP contribution in [-0.4, -0.2) is 30.2 Å². The minimum atomic E-state index is -0.550. The number of rotatable bonds is 4. The first-order chi connectivity index (χ1) is 10.1. The smallest absolute Gasteiger partial charge is 0.357 e.